The molecule has 1 aliphatic carbocycles. The fourth-order valence-corrected chi connectivity index (χ4v) is 3.71. The topological polar surface area (TPSA) is 0 Å². The summed E-state index contributed by atoms with van der Waals surface area (Å²) in [4.78, 5) is 0. The van der Waals surface area contributed by atoms with E-state index >= 15 is 0 Å². The molecule has 21 heavy (non-hydrogen) atoms. The van der Waals surface area contributed by atoms with E-state index in [4.69, 9.17) is 0 Å². The number of hydrogen-bond acceptors (Lipinski definition) is 0. The fraction of sp³-hybridized carbons (Fsp3) is 0.143. The van der Waals surface area contributed by atoms with Crippen molar-refractivity contribution in [3.05, 3.63) is 64.5 Å². The van der Waals surface area contributed by atoms with Crippen molar-refractivity contribution in [3.63, 3.8) is 0 Å². The average Bonchev–Trinajstić information content (AvgIpc) is 2.51. The van der Waals surface area contributed by atoms with Crippen molar-refractivity contribution < 1.29 is 0 Å². The van der Waals surface area contributed by atoms with Crippen LogP contribution in [0.2, 0.25) is 0 Å². The quantitative estimate of drug-likeness (QED) is 0.582. The molecule has 1 aliphatic rings. The molecule has 0 spiro atoms. The van der Waals surface area contributed by atoms with E-state index in [1.165, 1.54) is 43.1 Å². The first kappa shape index (κ1) is 12.4. The van der Waals surface area contributed by atoms with Crippen LogP contribution < -0.4 is 10.4 Å². The van der Waals surface area contributed by atoms with Crippen LogP contribution in [0.25, 0.3) is 39.8 Å². The van der Waals surface area contributed by atoms with Crippen LogP contribution in [0.15, 0.2) is 43.0 Å². The molecule has 0 fully saturated rings. The number of aryl methyl sites for hydroxylation is 1. The molecule has 0 saturated heterocycles. The first-order valence-corrected chi connectivity index (χ1v) is 7.50. The number of allylic oxidation sites excluding steroid dienone is 1. The van der Waals surface area contributed by atoms with E-state index in [2.05, 4.69) is 62.6 Å². The Morgan fingerprint density at radius 1 is 1.00 bits per heavy atom. The van der Waals surface area contributed by atoms with Gasteiger partial charge in [0.25, 0.3) is 0 Å². The van der Waals surface area contributed by atoms with Crippen LogP contribution in [-0.4, -0.2) is 0 Å². The van der Waals surface area contributed by atoms with Gasteiger partial charge >= 0.3 is 0 Å². The van der Waals surface area contributed by atoms with Gasteiger partial charge in [0.05, 0.1) is 0 Å². The minimum Gasteiger partial charge on any atom is -0.0955 e. The third-order valence-electron chi connectivity index (χ3n) is 4.64. The van der Waals surface area contributed by atoms with E-state index in [1.807, 2.05) is 0 Å². The largest absolute Gasteiger partial charge is 0.0955 e. The highest BCUT2D eigenvalue weighted by atomic mass is 14.2. The molecule has 0 heteroatoms. The summed E-state index contributed by atoms with van der Waals surface area (Å²) < 4.78 is 0. The van der Waals surface area contributed by atoms with Crippen molar-refractivity contribution in [1.29, 1.82) is 0 Å². The minimum absolute atomic E-state index is 1.09. The molecule has 0 nitrogen and oxygen atoms in total. The molecule has 0 aromatic heterocycles. The van der Waals surface area contributed by atoms with Crippen molar-refractivity contribution in [2.24, 2.45) is 0 Å². The molecule has 4 rings (SSSR count). The number of fused-ring (bicyclic) bond motifs is 2. The van der Waals surface area contributed by atoms with Gasteiger partial charge in [-0.15, -0.1) is 0 Å². The van der Waals surface area contributed by atoms with E-state index in [0.29, 0.717) is 0 Å². The van der Waals surface area contributed by atoms with Crippen molar-refractivity contribution in [1.82, 2.24) is 0 Å². The Bertz CT molecular complexity index is 1020. The first-order chi connectivity index (χ1) is 10.2. The summed E-state index contributed by atoms with van der Waals surface area (Å²) in [6.07, 6.45) is 4.55. The van der Waals surface area contributed by atoms with Crippen LogP contribution >= 0.6 is 0 Å². The summed E-state index contributed by atoms with van der Waals surface area (Å²) in [7, 11) is 0. The van der Waals surface area contributed by atoms with E-state index in [9.17, 15) is 0 Å². The van der Waals surface area contributed by atoms with Crippen LogP contribution in [0.4, 0.5) is 0 Å². The molecule has 0 unspecified atom stereocenters. The highest BCUT2D eigenvalue weighted by molar-refractivity contribution is 6.12. The summed E-state index contributed by atoms with van der Waals surface area (Å²) >= 11 is 0. The third kappa shape index (κ3) is 1.62. The van der Waals surface area contributed by atoms with Crippen molar-refractivity contribution >= 4 is 39.8 Å². The van der Waals surface area contributed by atoms with E-state index in [-0.39, 0.29) is 0 Å². The van der Waals surface area contributed by atoms with Crippen molar-refractivity contribution in [2.45, 2.75) is 19.8 Å². The van der Waals surface area contributed by atoms with Crippen LogP contribution in [0.3, 0.4) is 0 Å². The molecule has 102 valence electrons. The standard InChI is InChI=1S/C21H18/c1-13(2)16-9-6-12-18-19-11-5-8-15-7-4-10-17(21(15)19)14(3)20(16)18/h5-9,11-12H,1,3-4,10H2,2H3. The predicted octanol–water partition coefficient (Wildman–Crippen LogP) is 4.16. The fourth-order valence-electron chi connectivity index (χ4n) is 3.71. The maximum atomic E-state index is 4.43. The molecular formula is C21H18. The molecule has 0 heterocycles. The first-order valence-electron chi connectivity index (χ1n) is 7.50. The zero-order valence-electron chi connectivity index (χ0n) is 12.4. The van der Waals surface area contributed by atoms with Gasteiger partial charge in [-0.3, -0.25) is 0 Å². The van der Waals surface area contributed by atoms with Gasteiger partial charge in [0, 0.05) is 0 Å². The van der Waals surface area contributed by atoms with Gasteiger partial charge in [0.15, 0.2) is 0 Å². The van der Waals surface area contributed by atoms with Gasteiger partial charge < -0.3 is 0 Å². The van der Waals surface area contributed by atoms with Crippen LogP contribution in [0.1, 0.15) is 24.5 Å². The Labute approximate surface area is 124 Å². The number of benzene rings is 3. The number of rotatable bonds is 1. The Morgan fingerprint density at radius 2 is 1.71 bits per heavy atom. The second-order valence-corrected chi connectivity index (χ2v) is 5.98. The van der Waals surface area contributed by atoms with Crippen molar-refractivity contribution in [2.75, 3.05) is 0 Å². The molecule has 0 N–H and O–H groups in total. The maximum Gasteiger partial charge on any atom is -0.00331 e. The SMILES string of the molecule is C=C(C)c1cccc2c1c(=C)c1c3c(cccc32)=CCC1. The Kier molecular flexibility index (Phi) is 2.56. The molecular weight excluding hydrogens is 252 g/mol. The highest BCUT2D eigenvalue weighted by Gasteiger charge is 2.14. The summed E-state index contributed by atoms with van der Waals surface area (Å²) in [6, 6.07) is 13.1. The van der Waals surface area contributed by atoms with Gasteiger partial charge in [-0.1, -0.05) is 61.2 Å². The normalized spacial score (nSPS) is 13.4. The maximum absolute atomic E-state index is 4.43. The Morgan fingerprint density at radius 3 is 2.48 bits per heavy atom. The molecule has 0 amide bonds. The lowest BCUT2D eigenvalue weighted by molar-refractivity contribution is 1.03. The monoisotopic (exact) mass is 270 g/mol. The molecule has 0 saturated carbocycles. The molecule has 3 aromatic carbocycles. The molecule has 0 bridgehead atoms. The van der Waals surface area contributed by atoms with Gasteiger partial charge in [0.2, 0.25) is 0 Å². The zero-order valence-corrected chi connectivity index (χ0v) is 12.4. The van der Waals surface area contributed by atoms with Gasteiger partial charge in [-0.2, -0.15) is 0 Å². The van der Waals surface area contributed by atoms with E-state index < -0.39 is 0 Å². The summed E-state index contributed by atoms with van der Waals surface area (Å²) in [5.41, 5.74) is 3.76. The average molecular weight is 270 g/mol. The second-order valence-electron chi connectivity index (χ2n) is 5.98. The third-order valence-corrected chi connectivity index (χ3v) is 4.64. The van der Waals surface area contributed by atoms with Crippen molar-refractivity contribution in [3.8, 4) is 0 Å². The van der Waals surface area contributed by atoms with E-state index in [0.717, 1.165) is 18.4 Å². The van der Waals surface area contributed by atoms with Crippen LogP contribution in [0.5, 0.6) is 0 Å². The molecule has 0 aliphatic heterocycles. The summed E-state index contributed by atoms with van der Waals surface area (Å²) in [5.74, 6) is 0. The molecule has 0 atom stereocenters. The smallest absolute Gasteiger partial charge is 0.00331 e. The molecule has 3 aromatic rings. The molecule has 0 radical (unpaired) electrons. The lowest BCUT2D eigenvalue weighted by Crippen LogP contribution is -2.19. The highest BCUT2D eigenvalue weighted by Crippen LogP contribution is 2.29. The van der Waals surface area contributed by atoms with Crippen LogP contribution in [-0.2, 0) is 6.42 Å². The van der Waals surface area contributed by atoms with Gasteiger partial charge in [0.1, 0.15) is 0 Å². The van der Waals surface area contributed by atoms with E-state index in [1.54, 1.807) is 0 Å². The summed E-state index contributed by atoms with van der Waals surface area (Å²) in [6.45, 7) is 10.7. The lowest BCUT2D eigenvalue weighted by Gasteiger charge is -2.17. The van der Waals surface area contributed by atoms with Crippen LogP contribution in [0, 0.1) is 0 Å². The second kappa shape index (κ2) is 4.33. The summed E-state index contributed by atoms with van der Waals surface area (Å²) in [5, 5.41) is 7.89. The van der Waals surface area contributed by atoms with Gasteiger partial charge in [-0.05, 0) is 62.9 Å². The van der Waals surface area contributed by atoms with Gasteiger partial charge in [-0.25, -0.2) is 0 Å². The lowest BCUT2D eigenvalue weighted by atomic mass is 9.86. The Balaban J connectivity index is 2.40. The Hall–Kier alpha value is -2.34. The predicted molar refractivity (Wildman–Crippen MR) is 93.7 cm³/mol. The number of hydrogen-bond donors (Lipinski definition) is 0. The zero-order chi connectivity index (χ0) is 14.6. The minimum atomic E-state index is 1.09.